The van der Waals surface area contributed by atoms with Crippen molar-refractivity contribution in [1.82, 2.24) is 14.7 Å². The van der Waals surface area contributed by atoms with E-state index >= 15 is 0 Å². The van der Waals surface area contributed by atoms with Crippen molar-refractivity contribution in [2.75, 3.05) is 13.1 Å². The minimum Gasteiger partial charge on any atom is -0.339 e. The summed E-state index contributed by atoms with van der Waals surface area (Å²) in [6.45, 7) is 2.45. The summed E-state index contributed by atoms with van der Waals surface area (Å²) in [6.07, 6.45) is 6.68. The van der Waals surface area contributed by atoms with Crippen LogP contribution in [0, 0.1) is 0 Å². The number of aromatic nitrogens is 2. The van der Waals surface area contributed by atoms with Gasteiger partial charge in [0.05, 0.1) is 11.4 Å². The molecule has 1 aliphatic rings. The van der Waals surface area contributed by atoms with E-state index in [1.54, 1.807) is 17.4 Å². The zero-order chi connectivity index (χ0) is 17.1. The first-order valence-electron chi connectivity index (χ1n) is 8.42. The van der Waals surface area contributed by atoms with E-state index in [2.05, 4.69) is 18.2 Å². The number of nitrogens with zero attached hydrogens (tertiary/aromatic N) is 3. The zero-order valence-electron chi connectivity index (χ0n) is 13.8. The van der Waals surface area contributed by atoms with Gasteiger partial charge in [0.2, 0.25) is 5.91 Å². The molecule has 0 radical (unpaired) electrons. The molecule has 25 heavy (non-hydrogen) atoms. The van der Waals surface area contributed by atoms with Crippen LogP contribution in [-0.4, -0.2) is 33.7 Å². The minimum atomic E-state index is 0.0826. The Morgan fingerprint density at radius 2 is 2.00 bits per heavy atom. The van der Waals surface area contributed by atoms with Gasteiger partial charge in [-0.1, -0.05) is 36.4 Å². The van der Waals surface area contributed by atoms with Crippen molar-refractivity contribution >= 4 is 23.3 Å². The quantitative estimate of drug-likeness (QED) is 0.655. The Hall–Kier alpha value is -2.66. The van der Waals surface area contributed by atoms with Gasteiger partial charge in [-0.2, -0.15) is 5.10 Å². The van der Waals surface area contributed by atoms with Crippen molar-refractivity contribution < 1.29 is 4.79 Å². The van der Waals surface area contributed by atoms with Crippen molar-refractivity contribution in [1.29, 1.82) is 0 Å². The van der Waals surface area contributed by atoms with Crippen LogP contribution in [0.15, 0.2) is 60.1 Å². The standard InChI is InChI=1S/C20H19N3OS/c24-19(22-11-5-12-22)10-9-17-15-23(14-16-6-2-1-3-7-16)21-20(17)18-8-4-13-25-18/h1-4,6-10,13,15H,5,11-12,14H2/b10-9+. The molecule has 4 rings (SSSR count). The highest BCUT2D eigenvalue weighted by atomic mass is 32.1. The average molecular weight is 349 g/mol. The lowest BCUT2D eigenvalue weighted by Gasteiger charge is -2.29. The summed E-state index contributed by atoms with van der Waals surface area (Å²) in [5, 5.41) is 6.80. The molecule has 0 aliphatic carbocycles. The van der Waals surface area contributed by atoms with Crippen LogP contribution in [-0.2, 0) is 11.3 Å². The van der Waals surface area contributed by atoms with E-state index in [9.17, 15) is 4.79 Å². The normalized spacial score (nSPS) is 14.0. The first-order chi connectivity index (χ1) is 12.3. The number of carbonyl (C=O) groups is 1. The lowest BCUT2D eigenvalue weighted by molar-refractivity contribution is -0.129. The molecule has 3 heterocycles. The van der Waals surface area contributed by atoms with E-state index in [-0.39, 0.29) is 5.91 Å². The third-order valence-electron chi connectivity index (χ3n) is 4.31. The van der Waals surface area contributed by atoms with Crippen molar-refractivity contribution in [2.45, 2.75) is 13.0 Å². The van der Waals surface area contributed by atoms with Gasteiger partial charge >= 0.3 is 0 Å². The fourth-order valence-corrected chi connectivity index (χ4v) is 3.55. The second-order valence-electron chi connectivity index (χ2n) is 6.11. The van der Waals surface area contributed by atoms with Crippen molar-refractivity contribution in [2.24, 2.45) is 0 Å². The molecule has 126 valence electrons. The molecule has 0 spiro atoms. The van der Waals surface area contributed by atoms with E-state index in [1.165, 1.54) is 5.56 Å². The van der Waals surface area contributed by atoms with Crippen LogP contribution in [0.1, 0.15) is 17.5 Å². The summed E-state index contributed by atoms with van der Waals surface area (Å²) < 4.78 is 1.94. The number of hydrogen-bond acceptors (Lipinski definition) is 3. The van der Waals surface area contributed by atoms with Crippen LogP contribution >= 0.6 is 11.3 Å². The molecule has 1 saturated heterocycles. The molecule has 0 saturated carbocycles. The second kappa shape index (κ2) is 7.07. The Bertz CT molecular complexity index is 877. The summed E-state index contributed by atoms with van der Waals surface area (Å²) >= 11 is 1.66. The van der Waals surface area contributed by atoms with Crippen LogP contribution in [0.3, 0.4) is 0 Å². The summed E-state index contributed by atoms with van der Waals surface area (Å²) in [6, 6.07) is 14.4. The van der Waals surface area contributed by atoms with Crippen LogP contribution in [0.4, 0.5) is 0 Å². The molecule has 1 amide bonds. The Morgan fingerprint density at radius 1 is 1.16 bits per heavy atom. The number of thiophene rings is 1. The first-order valence-corrected chi connectivity index (χ1v) is 9.30. The van der Waals surface area contributed by atoms with Crippen LogP contribution in [0.2, 0.25) is 0 Å². The van der Waals surface area contributed by atoms with Crippen LogP contribution in [0.25, 0.3) is 16.6 Å². The third-order valence-corrected chi connectivity index (χ3v) is 5.18. The molecule has 1 aliphatic heterocycles. The maximum Gasteiger partial charge on any atom is 0.246 e. The van der Waals surface area contributed by atoms with Crippen molar-refractivity contribution in [3.63, 3.8) is 0 Å². The SMILES string of the molecule is O=C(/C=C/c1cn(Cc2ccccc2)nc1-c1cccs1)N1CCC1. The fourth-order valence-electron chi connectivity index (χ4n) is 2.82. The van der Waals surface area contributed by atoms with Crippen molar-refractivity contribution in [3.05, 3.63) is 71.2 Å². The number of amides is 1. The molecule has 1 fully saturated rings. The molecular weight excluding hydrogens is 330 g/mol. The predicted molar refractivity (Wildman–Crippen MR) is 101 cm³/mol. The lowest BCUT2D eigenvalue weighted by atomic mass is 10.2. The zero-order valence-corrected chi connectivity index (χ0v) is 14.7. The van der Waals surface area contributed by atoms with Crippen LogP contribution < -0.4 is 0 Å². The van der Waals surface area contributed by atoms with Gasteiger partial charge in [-0.3, -0.25) is 9.48 Å². The molecular formula is C20H19N3OS. The predicted octanol–water partition coefficient (Wildman–Crippen LogP) is 3.91. The number of carbonyl (C=O) groups excluding carboxylic acids is 1. The molecule has 1 aromatic carbocycles. The van der Waals surface area contributed by atoms with E-state index in [1.807, 2.05) is 51.5 Å². The van der Waals surface area contributed by atoms with E-state index < -0.39 is 0 Å². The monoisotopic (exact) mass is 349 g/mol. The van der Waals surface area contributed by atoms with Crippen LogP contribution in [0.5, 0.6) is 0 Å². The Kier molecular flexibility index (Phi) is 4.48. The first kappa shape index (κ1) is 15.8. The van der Waals surface area contributed by atoms with Gasteiger partial charge in [-0.15, -0.1) is 11.3 Å². The number of hydrogen-bond donors (Lipinski definition) is 0. The van der Waals surface area contributed by atoms with Crippen molar-refractivity contribution in [3.8, 4) is 10.6 Å². The van der Waals surface area contributed by atoms with Gasteiger partial charge in [-0.05, 0) is 29.5 Å². The molecule has 0 bridgehead atoms. The maximum atomic E-state index is 12.1. The topological polar surface area (TPSA) is 38.1 Å². The number of likely N-dealkylation sites (tertiary alicyclic amines) is 1. The Labute approximate surface area is 151 Å². The maximum absolute atomic E-state index is 12.1. The summed E-state index contributed by atoms with van der Waals surface area (Å²) in [4.78, 5) is 15.1. The highest BCUT2D eigenvalue weighted by Crippen LogP contribution is 2.28. The highest BCUT2D eigenvalue weighted by Gasteiger charge is 2.18. The molecule has 3 aromatic rings. The van der Waals surface area contributed by atoms with Gasteiger partial charge in [0, 0.05) is 30.9 Å². The third kappa shape index (κ3) is 3.56. The smallest absolute Gasteiger partial charge is 0.246 e. The second-order valence-corrected chi connectivity index (χ2v) is 7.05. The Balaban J connectivity index is 1.61. The van der Waals surface area contributed by atoms with Gasteiger partial charge < -0.3 is 4.90 Å². The molecule has 0 unspecified atom stereocenters. The number of rotatable bonds is 5. The molecule has 0 atom stereocenters. The summed E-state index contributed by atoms with van der Waals surface area (Å²) in [5.41, 5.74) is 3.11. The summed E-state index contributed by atoms with van der Waals surface area (Å²) in [5.74, 6) is 0.0826. The molecule has 2 aromatic heterocycles. The summed E-state index contributed by atoms with van der Waals surface area (Å²) in [7, 11) is 0. The van der Waals surface area contributed by atoms with E-state index in [4.69, 9.17) is 5.10 Å². The highest BCUT2D eigenvalue weighted by molar-refractivity contribution is 7.13. The molecule has 0 N–H and O–H groups in total. The number of benzene rings is 1. The Morgan fingerprint density at radius 3 is 2.68 bits per heavy atom. The minimum absolute atomic E-state index is 0.0826. The lowest BCUT2D eigenvalue weighted by Crippen LogP contribution is -2.40. The van der Waals surface area contributed by atoms with Gasteiger partial charge in [0.15, 0.2) is 0 Å². The van der Waals surface area contributed by atoms with Gasteiger partial charge in [0.1, 0.15) is 5.69 Å². The van der Waals surface area contributed by atoms with Gasteiger partial charge in [-0.25, -0.2) is 0 Å². The van der Waals surface area contributed by atoms with Gasteiger partial charge in [0.25, 0.3) is 0 Å². The van der Waals surface area contributed by atoms with E-state index in [0.717, 1.165) is 35.6 Å². The fraction of sp³-hybridized carbons (Fsp3) is 0.200. The van der Waals surface area contributed by atoms with E-state index in [0.29, 0.717) is 6.54 Å². The largest absolute Gasteiger partial charge is 0.339 e. The molecule has 4 nitrogen and oxygen atoms in total. The molecule has 5 heteroatoms. The average Bonchev–Trinajstić information content (AvgIpc) is 3.21.